The predicted octanol–water partition coefficient (Wildman–Crippen LogP) is 8.58. The third kappa shape index (κ3) is 4.46. The van der Waals surface area contributed by atoms with E-state index in [1.807, 2.05) is 28.6 Å². The van der Waals surface area contributed by atoms with Crippen molar-refractivity contribution in [3.05, 3.63) is 134 Å². The molecule has 0 saturated heterocycles. The summed E-state index contributed by atoms with van der Waals surface area (Å²) in [5.74, 6) is 0. The maximum absolute atomic E-state index is 3.89. The summed E-state index contributed by atoms with van der Waals surface area (Å²) in [6.07, 6.45) is 7.32. The number of benzene rings is 5. The Morgan fingerprint density at radius 2 is 1.49 bits per heavy atom. The van der Waals surface area contributed by atoms with Crippen LogP contribution in [0.15, 0.2) is 103 Å². The second kappa shape index (κ2) is 10.6. The molecule has 0 N–H and O–H groups in total. The zero-order chi connectivity index (χ0) is 31.3. The molecule has 0 fully saturated rings. The summed E-state index contributed by atoms with van der Waals surface area (Å²) in [7, 11) is 4.07. The molecule has 0 bridgehead atoms. The molecule has 2 aromatic heterocycles. The molecule has 0 unspecified atom stereocenters. The van der Waals surface area contributed by atoms with Gasteiger partial charge in [-0.1, -0.05) is 62.5 Å². The topological polar surface area (TPSA) is 23.5 Å². The Balaban J connectivity index is 0.00000324. The Labute approximate surface area is 290 Å². The molecule has 0 spiro atoms. The van der Waals surface area contributed by atoms with E-state index in [-0.39, 0.29) is 26.5 Å². The number of para-hydroxylation sites is 3. The number of fused-ring (bicyclic) bond motifs is 6. The van der Waals surface area contributed by atoms with Crippen LogP contribution >= 0.6 is 0 Å². The van der Waals surface area contributed by atoms with Crippen LogP contribution in [0, 0.1) is 25.1 Å². The van der Waals surface area contributed by atoms with Crippen LogP contribution in [0.5, 0.6) is 0 Å². The maximum Gasteiger partial charge on any atom is 4.00 e. The van der Waals surface area contributed by atoms with Gasteiger partial charge in [-0.05, 0) is 59.7 Å². The zero-order valence-electron chi connectivity index (χ0n) is 26.9. The van der Waals surface area contributed by atoms with Crippen LogP contribution in [0.4, 0.5) is 34.1 Å². The monoisotopic (exact) mass is 792 g/mol. The van der Waals surface area contributed by atoms with E-state index in [0.29, 0.717) is 0 Å². The van der Waals surface area contributed by atoms with Crippen LogP contribution < -0.4 is 19.3 Å². The molecule has 2 aliphatic rings. The summed E-state index contributed by atoms with van der Waals surface area (Å²) in [6, 6.07) is 40.4. The van der Waals surface area contributed by atoms with Crippen molar-refractivity contribution in [2.45, 2.75) is 26.2 Å². The SMILES string of the molecule is CN1[CH-]N(c2[c-]c3c(cc2)-n2c4ccc(C(C)(C)C)cc4c4cccc(c42)N3c2[c-]c(-n3[c-][n+](C)cc3)ccc2)c2ccccc21.[Pt+4]. The number of hydrogen-bond donors (Lipinski definition) is 0. The zero-order valence-corrected chi connectivity index (χ0v) is 29.2. The van der Waals surface area contributed by atoms with Gasteiger partial charge in [0.1, 0.15) is 0 Å². The number of aromatic nitrogens is 3. The number of anilines is 6. The number of nitrogens with zero attached hydrogens (tertiary/aromatic N) is 6. The standard InChI is InChI=1S/C40H33N6.Pt/c1-40(2,3)27-16-18-33-32(22-27)31-12-9-15-37-39(31)46(33)36-19-17-29(44-26-42(5)34-13-6-7-14-35(34)44)24-38(36)45(37)30-11-8-10-28(23-30)43-21-20-41(4)25-43;/h6-22,26H,1-5H3;/q-3;+4. The first-order chi connectivity index (χ1) is 22.3. The molecule has 47 heavy (non-hydrogen) atoms. The molecule has 0 saturated carbocycles. The molecule has 0 radical (unpaired) electrons. The van der Waals surface area contributed by atoms with Gasteiger partial charge in [0.15, 0.2) is 0 Å². The fourth-order valence-corrected chi connectivity index (χ4v) is 6.98. The van der Waals surface area contributed by atoms with Gasteiger partial charge < -0.3 is 28.4 Å². The van der Waals surface area contributed by atoms with Crippen LogP contribution in [-0.2, 0) is 33.5 Å². The molecule has 7 aromatic rings. The van der Waals surface area contributed by atoms with Gasteiger partial charge >= 0.3 is 21.1 Å². The van der Waals surface area contributed by atoms with E-state index in [1.165, 1.54) is 33.1 Å². The largest absolute Gasteiger partial charge is 4.00 e. The van der Waals surface area contributed by atoms with Crippen molar-refractivity contribution >= 4 is 55.9 Å². The minimum absolute atomic E-state index is 0. The number of rotatable bonds is 3. The van der Waals surface area contributed by atoms with Gasteiger partial charge in [-0.25, -0.2) is 0 Å². The minimum atomic E-state index is 0. The summed E-state index contributed by atoms with van der Waals surface area (Å²) >= 11 is 0. The van der Waals surface area contributed by atoms with E-state index in [9.17, 15) is 0 Å². The first-order valence-corrected chi connectivity index (χ1v) is 15.7. The molecule has 6 nitrogen and oxygen atoms in total. The normalized spacial score (nSPS) is 13.7. The third-order valence-electron chi connectivity index (χ3n) is 9.26. The van der Waals surface area contributed by atoms with Crippen LogP contribution in [0.3, 0.4) is 0 Å². The van der Waals surface area contributed by atoms with Gasteiger partial charge in [-0.3, -0.25) is 0 Å². The van der Waals surface area contributed by atoms with Crippen molar-refractivity contribution in [2.24, 2.45) is 7.05 Å². The summed E-state index contributed by atoms with van der Waals surface area (Å²) in [5, 5.41) is 2.50. The maximum atomic E-state index is 3.89. The quantitative estimate of drug-likeness (QED) is 0.132. The van der Waals surface area contributed by atoms with Gasteiger partial charge in [0.25, 0.3) is 0 Å². The Kier molecular flexibility index (Phi) is 6.68. The van der Waals surface area contributed by atoms with Crippen molar-refractivity contribution < 1.29 is 25.6 Å². The summed E-state index contributed by atoms with van der Waals surface area (Å²) in [4.78, 5) is 6.71. The van der Waals surface area contributed by atoms with E-state index < -0.39 is 0 Å². The molecule has 7 heteroatoms. The Morgan fingerprint density at radius 3 is 2.28 bits per heavy atom. The predicted molar refractivity (Wildman–Crippen MR) is 186 cm³/mol. The average Bonchev–Trinajstić information content (AvgIpc) is 3.75. The third-order valence-corrected chi connectivity index (χ3v) is 9.26. The minimum Gasteiger partial charge on any atom is -0.504 e. The Bertz CT molecular complexity index is 2340. The van der Waals surface area contributed by atoms with Crippen molar-refractivity contribution in [3.8, 4) is 11.4 Å². The second-order valence-electron chi connectivity index (χ2n) is 13.3. The average molecular weight is 793 g/mol. The van der Waals surface area contributed by atoms with Gasteiger partial charge in [-0.2, -0.15) is 24.9 Å². The van der Waals surface area contributed by atoms with E-state index >= 15 is 0 Å². The van der Waals surface area contributed by atoms with Crippen LogP contribution in [0.2, 0.25) is 0 Å². The van der Waals surface area contributed by atoms with Crippen LogP contribution in [0.1, 0.15) is 26.3 Å². The van der Waals surface area contributed by atoms with Gasteiger partial charge in [0, 0.05) is 40.1 Å². The van der Waals surface area contributed by atoms with E-state index in [2.05, 4.69) is 163 Å². The smallest absolute Gasteiger partial charge is 0.504 e. The van der Waals surface area contributed by atoms with Gasteiger partial charge in [0.2, 0.25) is 6.33 Å². The molecule has 2 aliphatic heterocycles. The summed E-state index contributed by atoms with van der Waals surface area (Å²) in [6.45, 7) is 8.97. The molecular weight excluding hydrogens is 760 g/mol. The van der Waals surface area contributed by atoms with E-state index in [0.717, 1.165) is 39.8 Å². The molecule has 5 aromatic carbocycles. The molecule has 9 rings (SSSR count). The number of hydrogen-bond acceptors (Lipinski definition) is 3. The van der Waals surface area contributed by atoms with E-state index in [1.54, 1.807) is 0 Å². The summed E-state index contributed by atoms with van der Waals surface area (Å²) in [5.41, 5.74) is 12.1. The first-order valence-electron chi connectivity index (χ1n) is 15.7. The molecular formula is C40H33N6Pt+. The van der Waals surface area contributed by atoms with Crippen molar-refractivity contribution in [1.29, 1.82) is 0 Å². The van der Waals surface area contributed by atoms with Gasteiger partial charge in [-0.15, -0.1) is 30.0 Å². The molecule has 0 aliphatic carbocycles. The number of imidazole rings is 1. The van der Waals surface area contributed by atoms with Crippen LogP contribution in [-0.4, -0.2) is 16.2 Å². The Morgan fingerprint density at radius 1 is 0.723 bits per heavy atom. The number of aryl methyl sites for hydroxylation is 1. The first kappa shape index (κ1) is 29.6. The van der Waals surface area contributed by atoms with Crippen molar-refractivity contribution in [1.82, 2.24) is 9.13 Å². The van der Waals surface area contributed by atoms with Crippen molar-refractivity contribution in [2.75, 3.05) is 21.7 Å². The summed E-state index contributed by atoms with van der Waals surface area (Å²) < 4.78 is 6.32. The fourth-order valence-electron chi connectivity index (χ4n) is 6.98. The molecule has 4 heterocycles. The van der Waals surface area contributed by atoms with Gasteiger partial charge in [0.05, 0.1) is 18.3 Å². The van der Waals surface area contributed by atoms with Crippen LogP contribution in [0.25, 0.3) is 33.2 Å². The molecule has 0 amide bonds. The van der Waals surface area contributed by atoms with E-state index in [4.69, 9.17) is 0 Å². The Hall–Kier alpha value is -4.80. The van der Waals surface area contributed by atoms with Crippen molar-refractivity contribution in [3.63, 3.8) is 0 Å². The second-order valence-corrected chi connectivity index (χ2v) is 13.3. The molecule has 232 valence electrons. The molecule has 0 atom stereocenters. The fraction of sp³-hybridized carbons (Fsp3) is 0.150.